The average Bonchev–Trinajstić information content (AvgIpc) is 3.16. The molecule has 2 fully saturated rings. The van der Waals surface area contributed by atoms with Crippen molar-refractivity contribution >= 4 is 16.6 Å². The molecule has 4 heterocycles. The molecule has 156 valence electrons. The van der Waals surface area contributed by atoms with E-state index in [0.717, 1.165) is 36.0 Å². The highest BCUT2D eigenvalue weighted by atomic mass is 16.5. The van der Waals surface area contributed by atoms with Crippen molar-refractivity contribution in [3.63, 3.8) is 0 Å². The van der Waals surface area contributed by atoms with Crippen molar-refractivity contribution in [1.82, 2.24) is 28.9 Å². The molecular weight excluding hydrogens is 394 g/mol. The zero-order valence-electron chi connectivity index (χ0n) is 17.3. The number of nitrogens with zero attached hydrogens (tertiary/aromatic N) is 7. The van der Waals surface area contributed by atoms with E-state index in [0.29, 0.717) is 29.4 Å². The second kappa shape index (κ2) is 6.25. The molecular formula is C22H21N7O2. The molecule has 1 saturated carbocycles. The lowest BCUT2D eigenvalue weighted by molar-refractivity contribution is -0.0447. The van der Waals surface area contributed by atoms with Gasteiger partial charge in [0.15, 0.2) is 0 Å². The summed E-state index contributed by atoms with van der Waals surface area (Å²) in [5.74, 6) is 0.701. The van der Waals surface area contributed by atoms with E-state index in [1.54, 1.807) is 15.3 Å². The average molecular weight is 415 g/mol. The van der Waals surface area contributed by atoms with Crippen LogP contribution in [0.1, 0.15) is 44.7 Å². The van der Waals surface area contributed by atoms with Crippen LogP contribution in [0.2, 0.25) is 0 Å². The van der Waals surface area contributed by atoms with Gasteiger partial charge in [0.25, 0.3) is 5.56 Å². The number of para-hydroxylation sites is 2. The van der Waals surface area contributed by atoms with E-state index in [4.69, 9.17) is 4.74 Å². The predicted octanol–water partition coefficient (Wildman–Crippen LogP) is 2.84. The molecule has 3 unspecified atom stereocenters. The van der Waals surface area contributed by atoms with Gasteiger partial charge in [-0.15, -0.1) is 9.78 Å². The Labute approximate surface area is 177 Å². The maximum atomic E-state index is 14.0. The third kappa shape index (κ3) is 2.45. The maximum absolute atomic E-state index is 14.0. The Morgan fingerprint density at radius 2 is 2.06 bits per heavy atom. The van der Waals surface area contributed by atoms with E-state index in [1.165, 1.54) is 4.68 Å². The van der Waals surface area contributed by atoms with Crippen LogP contribution in [0.3, 0.4) is 0 Å². The van der Waals surface area contributed by atoms with Crippen LogP contribution in [0.4, 0.5) is 0 Å². The Morgan fingerprint density at radius 1 is 1.29 bits per heavy atom. The molecule has 0 radical (unpaired) electrons. The summed E-state index contributed by atoms with van der Waals surface area (Å²) in [5.41, 5.74) is 2.79. The molecule has 1 aliphatic carbocycles. The van der Waals surface area contributed by atoms with Crippen LogP contribution in [0.15, 0.2) is 35.4 Å². The van der Waals surface area contributed by atoms with E-state index in [2.05, 4.69) is 28.4 Å². The molecule has 0 N–H and O–H groups in total. The van der Waals surface area contributed by atoms with Crippen molar-refractivity contribution in [2.24, 2.45) is 5.92 Å². The number of fused-ring (bicyclic) bond motifs is 3. The van der Waals surface area contributed by atoms with Crippen molar-refractivity contribution in [3.05, 3.63) is 46.6 Å². The molecule has 0 amide bonds. The van der Waals surface area contributed by atoms with Crippen LogP contribution in [-0.2, 0) is 10.5 Å². The number of imidazole rings is 1. The quantitative estimate of drug-likeness (QED) is 0.510. The van der Waals surface area contributed by atoms with Crippen LogP contribution in [0.25, 0.3) is 27.9 Å². The molecule has 1 aliphatic heterocycles. The van der Waals surface area contributed by atoms with Gasteiger partial charge in [0.2, 0.25) is 6.19 Å². The maximum Gasteiger partial charge on any atom is 0.280 e. The molecule has 3 aromatic heterocycles. The highest BCUT2D eigenvalue weighted by Gasteiger charge is 2.41. The summed E-state index contributed by atoms with van der Waals surface area (Å²) in [7, 11) is 0. The molecule has 1 saturated heterocycles. The summed E-state index contributed by atoms with van der Waals surface area (Å²) in [4.78, 5) is 18.6. The molecule has 3 atom stereocenters. The Morgan fingerprint density at radius 3 is 2.74 bits per heavy atom. The van der Waals surface area contributed by atoms with Gasteiger partial charge in [-0.3, -0.25) is 13.8 Å². The largest absolute Gasteiger partial charge is 0.355 e. The topological polar surface area (TPSA) is 103 Å². The molecule has 4 aromatic rings. The minimum Gasteiger partial charge on any atom is -0.355 e. The van der Waals surface area contributed by atoms with Crippen LogP contribution in [0.5, 0.6) is 0 Å². The second-order valence-corrected chi connectivity index (χ2v) is 8.72. The van der Waals surface area contributed by atoms with Gasteiger partial charge in [-0.2, -0.15) is 5.26 Å². The zero-order chi connectivity index (χ0) is 21.3. The van der Waals surface area contributed by atoms with Gasteiger partial charge in [-0.05, 0) is 44.2 Å². The first-order valence-corrected chi connectivity index (χ1v) is 10.5. The van der Waals surface area contributed by atoms with Gasteiger partial charge in [0.05, 0.1) is 16.7 Å². The van der Waals surface area contributed by atoms with Crippen molar-refractivity contribution < 1.29 is 4.74 Å². The number of nitriles is 1. The van der Waals surface area contributed by atoms with Crippen molar-refractivity contribution in [2.45, 2.75) is 44.8 Å². The van der Waals surface area contributed by atoms with Crippen LogP contribution < -0.4 is 5.56 Å². The van der Waals surface area contributed by atoms with Gasteiger partial charge in [0, 0.05) is 12.5 Å². The second-order valence-electron chi connectivity index (χ2n) is 8.72. The molecule has 9 nitrogen and oxygen atoms in total. The molecule has 2 aliphatic rings. The summed E-state index contributed by atoms with van der Waals surface area (Å²) >= 11 is 0. The fourth-order valence-electron chi connectivity index (χ4n) is 4.93. The minimum absolute atomic E-state index is 0.198. The SMILES string of the molecule is CC1CC1c1nnn(C#N)c1-c1ncn2c1c(=O)n(C1(C)CCCO1)c1ccccc12. The minimum atomic E-state index is -0.735. The van der Waals surface area contributed by atoms with Crippen LogP contribution in [-0.4, -0.2) is 35.6 Å². The molecule has 1 aromatic carbocycles. The van der Waals surface area contributed by atoms with E-state index >= 15 is 0 Å². The molecule has 9 heteroatoms. The highest BCUT2D eigenvalue weighted by molar-refractivity contribution is 5.85. The van der Waals surface area contributed by atoms with Gasteiger partial charge in [-0.1, -0.05) is 24.3 Å². The molecule has 0 spiro atoms. The summed E-state index contributed by atoms with van der Waals surface area (Å²) in [6.07, 6.45) is 6.33. The number of rotatable bonds is 3. The van der Waals surface area contributed by atoms with Crippen molar-refractivity contribution in [3.8, 4) is 17.6 Å². The Kier molecular flexibility index (Phi) is 3.68. The molecule has 0 bridgehead atoms. The van der Waals surface area contributed by atoms with E-state index in [-0.39, 0.29) is 11.5 Å². The smallest absolute Gasteiger partial charge is 0.280 e. The molecule has 6 rings (SSSR count). The highest BCUT2D eigenvalue weighted by Crippen LogP contribution is 2.49. The Bertz CT molecular complexity index is 1450. The normalized spacial score (nSPS) is 25.3. The van der Waals surface area contributed by atoms with E-state index < -0.39 is 5.72 Å². The summed E-state index contributed by atoms with van der Waals surface area (Å²) in [6.45, 7) is 4.71. The van der Waals surface area contributed by atoms with Gasteiger partial charge < -0.3 is 4.74 Å². The predicted molar refractivity (Wildman–Crippen MR) is 112 cm³/mol. The van der Waals surface area contributed by atoms with Gasteiger partial charge in [-0.25, -0.2) is 4.98 Å². The lowest BCUT2D eigenvalue weighted by Gasteiger charge is -2.28. The number of hydrogen-bond acceptors (Lipinski definition) is 6. The first kappa shape index (κ1) is 18.3. The summed E-state index contributed by atoms with van der Waals surface area (Å²) < 4.78 is 10.8. The zero-order valence-corrected chi connectivity index (χ0v) is 17.3. The van der Waals surface area contributed by atoms with Gasteiger partial charge >= 0.3 is 0 Å². The fourth-order valence-corrected chi connectivity index (χ4v) is 4.93. The lowest BCUT2D eigenvalue weighted by Crippen LogP contribution is -2.39. The monoisotopic (exact) mass is 415 g/mol. The third-order valence-corrected chi connectivity index (χ3v) is 6.70. The molecule has 31 heavy (non-hydrogen) atoms. The Balaban J connectivity index is 1.73. The Hall–Kier alpha value is -3.51. The fraction of sp³-hybridized carbons (Fsp3) is 0.409. The first-order chi connectivity index (χ1) is 15.0. The van der Waals surface area contributed by atoms with Crippen molar-refractivity contribution in [1.29, 1.82) is 5.26 Å². The summed E-state index contributed by atoms with van der Waals surface area (Å²) in [5, 5.41) is 17.9. The van der Waals surface area contributed by atoms with E-state index in [9.17, 15) is 10.1 Å². The first-order valence-electron chi connectivity index (χ1n) is 10.5. The number of hydrogen-bond donors (Lipinski definition) is 0. The number of aromatic nitrogens is 6. The van der Waals surface area contributed by atoms with Crippen LogP contribution >= 0.6 is 0 Å². The number of ether oxygens (including phenoxy) is 1. The van der Waals surface area contributed by atoms with Crippen molar-refractivity contribution in [2.75, 3.05) is 6.61 Å². The van der Waals surface area contributed by atoms with E-state index in [1.807, 2.05) is 31.2 Å². The van der Waals surface area contributed by atoms with Gasteiger partial charge in [0.1, 0.15) is 29.0 Å². The lowest BCUT2D eigenvalue weighted by atomic mass is 10.1. The standard InChI is InChI=1S/C22H21N7O2/c1-13-10-14(13)17-19(28(11-23)26-25-17)18-20-21(30)29(22(2)8-5-9-31-22)16-7-4-3-6-15(16)27(20)12-24-18/h3-4,6-7,12-14H,5,8-10H2,1-2H3. The third-order valence-electron chi connectivity index (χ3n) is 6.70. The number of benzene rings is 1. The summed E-state index contributed by atoms with van der Waals surface area (Å²) in [6, 6.07) is 7.75. The van der Waals surface area contributed by atoms with Crippen LogP contribution in [0, 0.1) is 17.4 Å².